The zero-order valence-corrected chi connectivity index (χ0v) is 16.6. The minimum atomic E-state index is -1.59. The molecule has 1 aliphatic heterocycles. The summed E-state index contributed by atoms with van der Waals surface area (Å²) < 4.78 is 11.1. The summed E-state index contributed by atoms with van der Waals surface area (Å²) in [5, 5.41) is 61.1. The summed E-state index contributed by atoms with van der Waals surface area (Å²) in [5.41, 5.74) is -2.29. The molecule has 0 radical (unpaired) electrons. The molecule has 2 fully saturated rings. The van der Waals surface area contributed by atoms with Crippen LogP contribution in [-0.2, 0) is 14.3 Å². The standard InChI is InChI=1S/C19H32O9/c1-9(21)5-6-19(26)10(2)13(22)11(7-18(19,3)4)27-17-16(25)15(24)14(23)12(8-20)28-17/h5-6,10-17,20,22-26H,7-8H2,1-4H3/t10-,11+,12-,13+,14-,15+,16-,17-,19-/m1/s1. The first-order valence-corrected chi connectivity index (χ1v) is 9.42. The van der Waals surface area contributed by atoms with Crippen LogP contribution in [0.2, 0.25) is 0 Å². The highest BCUT2D eigenvalue weighted by Gasteiger charge is 2.56. The van der Waals surface area contributed by atoms with Gasteiger partial charge in [-0.2, -0.15) is 0 Å². The molecule has 2 rings (SSSR count). The number of hydrogen-bond donors (Lipinski definition) is 6. The molecule has 9 heteroatoms. The van der Waals surface area contributed by atoms with Gasteiger partial charge in [-0.05, 0) is 25.5 Å². The lowest BCUT2D eigenvalue weighted by molar-refractivity contribution is -0.329. The van der Waals surface area contributed by atoms with Gasteiger partial charge < -0.3 is 40.1 Å². The van der Waals surface area contributed by atoms with Crippen molar-refractivity contribution in [1.82, 2.24) is 0 Å². The molecule has 9 atom stereocenters. The highest BCUT2D eigenvalue weighted by molar-refractivity contribution is 5.87. The van der Waals surface area contributed by atoms with E-state index in [1.54, 1.807) is 20.8 Å². The van der Waals surface area contributed by atoms with Crippen molar-refractivity contribution in [3.63, 3.8) is 0 Å². The smallest absolute Gasteiger partial charge is 0.187 e. The summed E-state index contributed by atoms with van der Waals surface area (Å²) in [6, 6.07) is 0. The molecule has 9 nitrogen and oxygen atoms in total. The quantitative estimate of drug-likeness (QED) is 0.299. The van der Waals surface area contributed by atoms with Gasteiger partial charge in [0.2, 0.25) is 0 Å². The Morgan fingerprint density at radius 2 is 1.75 bits per heavy atom. The molecule has 0 amide bonds. The SMILES string of the molecule is CC(=O)C=C[C@@]1(O)[C@H](C)[C@H](O)[C@@H](O[C@@H]2O[C@H](CO)[C@@H](O)[C@H](O)[C@H]2O)CC1(C)C. The van der Waals surface area contributed by atoms with Crippen LogP contribution in [0, 0.1) is 11.3 Å². The Morgan fingerprint density at radius 3 is 2.29 bits per heavy atom. The molecule has 1 aliphatic carbocycles. The molecule has 1 heterocycles. The van der Waals surface area contributed by atoms with Gasteiger partial charge in [0, 0.05) is 11.3 Å². The van der Waals surface area contributed by atoms with Gasteiger partial charge in [-0.1, -0.05) is 20.8 Å². The maximum Gasteiger partial charge on any atom is 0.187 e. The topological polar surface area (TPSA) is 157 Å². The molecule has 0 spiro atoms. The van der Waals surface area contributed by atoms with Gasteiger partial charge in [0.1, 0.15) is 24.4 Å². The van der Waals surface area contributed by atoms with Gasteiger partial charge in [-0.15, -0.1) is 0 Å². The van der Waals surface area contributed by atoms with Crippen molar-refractivity contribution in [2.75, 3.05) is 6.61 Å². The number of carbonyl (C=O) groups excluding carboxylic acids is 1. The van der Waals surface area contributed by atoms with Crippen molar-refractivity contribution in [1.29, 1.82) is 0 Å². The normalized spacial score (nSPS) is 46.6. The second-order valence-corrected chi connectivity index (χ2v) is 8.51. The van der Waals surface area contributed by atoms with Gasteiger partial charge in [0.15, 0.2) is 12.1 Å². The number of aliphatic hydroxyl groups is 6. The van der Waals surface area contributed by atoms with Crippen LogP contribution in [0.15, 0.2) is 12.2 Å². The van der Waals surface area contributed by atoms with E-state index in [2.05, 4.69) is 0 Å². The third-order valence-electron chi connectivity index (χ3n) is 6.11. The van der Waals surface area contributed by atoms with E-state index in [-0.39, 0.29) is 12.2 Å². The number of ketones is 1. The molecule has 0 unspecified atom stereocenters. The van der Waals surface area contributed by atoms with E-state index >= 15 is 0 Å². The Bertz CT molecular complexity index is 590. The maximum absolute atomic E-state index is 11.3. The van der Waals surface area contributed by atoms with E-state index < -0.39 is 66.5 Å². The molecular formula is C19H32O9. The van der Waals surface area contributed by atoms with Crippen molar-refractivity contribution in [2.24, 2.45) is 11.3 Å². The van der Waals surface area contributed by atoms with Crippen molar-refractivity contribution >= 4 is 5.78 Å². The van der Waals surface area contributed by atoms with Crippen molar-refractivity contribution in [3.8, 4) is 0 Å². The number of hydrogen-bond acceptors (Lipinski definition) is 9. The van der Waals surface area contributed by atoms with Crippen molar-refractivity contribution < 1.29 is 44.9 Å². The van der Waals surface area contributed by atoms with E-state index in [1.165, 1.54) is 19.1 Å². The maximum atomic E-state index is 11.3. The Labute approximate surface area is 164 Å². The van der Waals surface area contributed by atoms with Gasteiger partial charge in [0.05, 0.1) is 24.4 Å². The average Bonchev–Trinajstić information content (AvgIpc) is 2.63. The largest absolute Gasteiger partial charge is 0.394 e. The first-order valence-electron chi connectivity index (χ1n) is 9.42. The zero-order chi connectivity index (χ0) is 21.4. The highest BCUT2D eigenvalue weighted by atomic mass is 16.7. The summed E-state index contributed by atoms with van der Waals surface area (Å²) in [7, 11) is 0. The lowest BCUT2D eigenvalue weighted by Gasteiger charge is -2.54. The Balaban J connectivity index is 2.21. The molecule has 162 valence electrons. The Hall–Kier alpha value is -0.910. The number of ether oxygens (including phenoxy) is 2. The van der Waals surface area contributed by atoms with E-state index in [4.69, 9.17) is 9.47 Å². The molecule has 28 heavy (non-hydrogen) atoms. The fraction of sp³-hybridized carbons (Fsp3) is 0.842. The van der Waals surface area contributed by atoms with Gasteiger partial charge in [-0.25, -0.2) is 0 Å². The summed E-state index contributed by atoms with van der Waals surface area (Å²) in [6.45, 7) is 5.93. The van der Waals surface area contributed by atoms with Crippen LogP contribution in [0.3, 0.4) is 0 Å². The molecule has 0 aromatic carbocycles. The Morgan fingerprint density at radius 1 is 1.14 bits per heavy atom. The third kappa shape index (κ3) is 4.17. The molecule has 6 N–H and O–H groups in total. The third-order valence-corrected chi connectivity index (χ3v) is 6.11. The summed E-state index contributed by atoms with van der Waals surface area (Å²) in [6.07, 6.45) is -6.38. The number of carbonyl (C=O) groups is 1. The van der Waals surface area contributed by atoms with Crippen LogP contribution in [0.1, 0.15) is 34.1 Å². The summed E-state index contributed by atoms with van der Waals surface area (Å²) in [5.74, 6) is -0.952. The minimum absolute atomic E-state index is 0.159. The van der Waals surface area contributed by atoms with E-state index in [1.807, 2.05) is 0 Å². The Kier molecular flexibility index (Phi) is 7.05. The summed E-state index contributed by atoms with van der Waals surface area (Å²) in [4.78, 5) is 11.3. The van der Waals surface area contributed by atoms with Crippen molar-refractivity contribution in [2.45, 2.75) is 82.6 Å². The molecule has 2 aliphatic rings. The van der Waals surface area contributed by atoms with Crippen LogP contribution in [0.25, 0.3) is 0 Å². The van der Waals surface area contributed by atoms with Crippen LogP contribution >= 0.6 is 0 Å². The van der Waals surface area contributed by atoms with Gasteiger partial charge in [-0.3, -0.25) is 4.79 Å². The zero-order valence-electron chi connectivity index (χ0n) is 16.6. The number of rotatable bonds is 5. The van der Waals surface area contributed by atoms with Crippen LogP contribution in [-0.4, -0.2) is 91.5 Å². The number of aliphatic hydroxyl groups excluding tert-OH is 5. The van der Waals surface area contributed by atoms with E-state index in [0.29, 0.717) is 0 Å². The molecule has 1 saturated carbocycles. The molecule has 0 aromatic heterocycles. The number of allylic oxidation sites excluding steroid dienone is 1. The fourth-order valence-electron chi connectivity index (χ4n) is 4.09. The van der Waals surface area contributed by atoms with Gasteiger partial charge >= 0.3 is 0 Å². The second kappa shape index (κ2) is 8.45. The van der Waals surface area contributed by atoms with E-state index in [9.17, 15) is 35.4 Å². The van der Waals surface area contributed by atoms with E-state index in [0.717, 1.165) is 0 Å². The second-order valence-electron chi connectivity index (χ2n) is 8.51. The molecule has 0 aromatic rings. The fourth-order valence-corrected chi connectivity index (χ4v) is 4.09. The molecule has 0 bridgehead atoms. The molecular weight excluding hydrogens is 372 g/mol. The summed E-state index contributed by atoms with van der Waals surface area (Å²) >= 11 is 0. The first kappa shape index (κ1) is 23.4. The minimum Gasteiger partial charge on any atom is -0.394 e. The molecule has 1 saturated heterocycles. The lowest BCUT2D eigenvalue weighted by atomic mass is 9.58. The van der Waals surface area contributed by atoms with Crippen LogP contribution in [0.5, 0.6) is 0 Å². The highest BCUT2D eigenvalue weighted by Crippen LogP contribution is 2.49. The first-order chi connectivity index (χ1) is 12.9. The lowest BCUT2D eigenvalue weighted by Crippen LogP contribution is -2.64. The predicted octanol–water partition coefficient (Wildman–Crippen LogP) is -1.53. The monoisotopic (exact) mass is 404 g/mol. The van der Waals surface area contributed by atoms with Crippen LogP contribution in [0.4, 0.5) is 0 Å². The average molecular weight is 404 g/mol. The predicted molar refractivity (Wildman–Crippen MR) is 97.0 cm³/mol. The van der Waals surface area contributed by atoms with Crippen LogP contribution < -0.4 is 0 Å². The van der Waals surface area contributed by atoms with Crippen molar-refractivity contribution in [3.05, 3.63) is 12.2 Å². The van der Waals surface area contributed by atoms with Gasteiger partial charge in [0.25, 0.3) is 0 Å².